The van der Waals surface area contributed by atoms with Crippen molar-refractivity contribution >= 4 is 29.0 Å². The topological polar surface area (TPSA) is 32.3 Å². The van der Waals surface area contributed by atoms with Crippen LogP contribution in [0.2, 0.25) is 10.0 Å². The third-order valence-corrected chi connectivity index (χ3v) is 4.85. The Morgan fingerprint density at radius 2 is 2.14 bits per heavy atom. The second-order valence-corrected chi connectivity index (χ2v) is 6.42. The zero-order valence-corrected chi connectivity index (χ0v) is 13.9. The molecule has 4 nitrogen and oxygen atoms in total. The Bertz CT molecular complexity index is 635. The van der Waals surface area contributed by atoms with Crippen LogP contribution in [0.5, 0.6) is 0 Å². The molecular weight excluding hydrogens is 319 g/mol. The zero-order chi connectivity index (χ0) is 15.5. The highest BCUT2D eigenvalue weighted by Gasteiger charge is 2.26. The van der Waals surface area contributed by atoms with Crippen molar-refractivity contribution in [3.63, 3.8) is 0 Å². The summed E-state index contributed by atoms with van der Waals surface area (Å²) in [6.07, 6.45) is 4.50. The third kappa shape index (κ3) is 3.51. The number of benzene rings is 1. The van der Waals surface area contributed by atoms with Crippen molar-refractivity contribution in [2.45, 2.75) is 19.0 Å². The molecule has 1 aliphatic heterocycles. The Morgan fingerprint density at radius 3 is 2.86 bits per heavy atom. The Labute approximate surface area is 140 Å². The van der Waals surface area contributed by atoms with Crippen molar-refractivity contribution in [2.75, 3.05) is 25.0 Å². The summed E-state index contributed by atoms with van der Waals surface area (Å²) in [7, 11) is 2.09. The van der Waals surface area contributed by atoms with Gasteiger partial charge in [-0.1, -0.05) is 29.3 Å². The maximum absolute atomic E-state index is 6.09. The van der Waals surface area contributed by atoms with Crippen molar-refractivity contribution in [3.05, 3.63) is 52.4 Å². The van der Waals surface area contributed by atoms with E-state index in [1.807, 2.05) is 24.3 Å². The van der Waals surface area contributed by atoms with E-state index in [9.17, 15) is 0 Å². The van der Waals surface area contributed by atoms with E-state index < -0.39 is 0 Å². The van der Waals surface area contributed by atoms with E-state index in [-0.39, 0.29) is 0 Å². The fourth-order valence-corrected chi connectivity index (χ4v) is 3.17. The second kappa shape index (κ2) is 6.82. The maximum atomic E-state index is 6.09. The lowest BCUT2D eigenvalue weighted by Crippen LogP contribution is -2.34. The van der Waals surface area contributed by atoms with E-state index in [1.54, 1.807) is 12.5 Å². The van der Waals surface area contributed by atoms with Gasteiger partial charge < -0.3 is 4.90 Å². The monoisotopic (exact) mass is 336 g/mol. The van der Waals surface area contributed by atoms with Gasteiger partial charge in [-0.3, -0.25) is 4.90 Å². The van der Waals surface area contributed by atoms with Crippen LogP contribution in [0.3, 0.4) is 0 Å². The SMILES string of the molecule is CN(c1ccncn1)C1CCN(Cc2ccc(Cl)c(Cl)c2)C1. The van der Waals surface area contributed by atoms with Crippen LogP contribution in [0, 0.1) is 0 Å². The fourth-order valence-electron chi connectivity index (χ4n) is 2.85. The summed E-state index contributed by atoms with van der Waals surface area (Å²) in [5.74, 6) is 0.969. The largest absolute Gasteiger partial charge is 0.355 e. The molecule has 3 rings (SSSR count). The van der Waals surface area contributed by atoms with Gasteiger partial charge in [0.25, 0.3) is 0 Å². The van der Waals surface area contributed by atoms with Gasteiger partial charge in [0, 0.05) is 38.9 Å². The van der Waals surface area contributed by atoms with Gasteiger partial charge in [0.1, 0.15) is 12.1 Å². The van der Waals surface area contributed by atoms with Crippen LogP contribution in [0.4, 0.5) is 5.82 Å². The van der Waals surface area contributed by atoms with E-state index in [0.717, 1.165) is 31.9 Å². The molecule has 1 aromatic heterocycles. The van der Waals surface area contributed by atoms with Crippen LogP contribution in [-0.2, 0) is 6.54 Å². The Kier molecular flexibility index (Phi) is 4.81. The highest BCUT2D eigenvalue weighted by molar-refractivity contribution is 6.42. The van der Waals surface area contributed by atoms with E-state index in [4.69, 9.17) is 23.2 Å². The molecular formula is C16H18Cl2N4. The summed E-state index contributed by atoms with van der Waals surface area (Å²) in [6.45, 7) is 2.98. The zero-order valence-electron chi connectivity index (χ0n) is 12.4. The molecule has 1 fully saturated rings. The van der Waals surface area contributed by atoms with E-state index in [1.165, 1.54) is 5.56 Å². The van der Waals surface area contributed by atoms with Gasteiger partial charge in [0.05, 0.1) is 10.0 Å². The highest BCUT2D eigenvalue weighted by atomic mass is 35.5. The standard InChI is InChI=1S/C16H18Cl2N4/c1-21(16-4-6-19-11-20-16)13-5-7-22(10-13)9-12-2-3-14(17)15(18)8-12/h2-4,6,8,11,13H,5,7,9-10H2,1H3. The summed E-state index contributed by atoms with van der Waals surface area (Å²) < 4.78 is 0. The first-order chi connectivity index (χ1) is 10.6. The molecule has 1 atom stereocenters. The number of hydrogen-bond donors (Lipinski definition) is 0. The number of likely N-dealkylation sites (N-methyl/N-ethyl adjacent to an activating group) is 1. The first-order valence-corrected chi connectivity index (χ1v) is 8.04. The molecule has 116 valence electrons. The van der Waals surface area contributed by atoms with Crippen molar-refractivity contribution in [3.8, 4) is 0 Å². The van der Waals surface area contributed by atoms with E-state index >= 15 is 0 Å². The normalized spacial score (nSPS) is 18.6. The van der Waals surface area contributed by atoms with Gasteiger partial charge in [-0.2, -0.15) is 0 Å². The predicted molar refractivity (Wildman–Crippen MR) is 90.6 cm³/mol. The van der Waals surface area contributed by atoms with Crippen LogP contribution >= 0.6 is 23.2 Å². The van der Waals surface area contributed by atoms with Gasteiger partial charge >= 0.3 is 0 Å². The van der Waals surface area contributed by atoms with Crippen LogP contribution < -0.4 is 4.90 Å². The molecule has 0 N–H and O–H groups in total. The first-order valence-electron chi connectivity index (χ1n) is 7.28. The number of aromatic nitrogens is 2. The fraction of sp³-hybridized carbons (Fsp3) is 0.375. The van der Waals surface area contributed by atoms with Crippen LogP contribution in [-0.4, -0.2) is 41.0 Å². The number of likely N-dealkylation sites (tertiary alicyclic amines) is 1. The quantitative estimate of drug-likeness (QED) is 0.855. The van der Waals surface area contributed by atoms with Gasteiger partial charge in [-0.15, -0.1) is 0 Å². The van der Waals surface area contributed by atoms with E-state index in [2.05, 4.69) is 26.8 Å². The summed E-state index contributed by atoms with van der Waals surface area (Å²) in [5.41, 5.74) is 1.19. The molecule has 22 heavy (non-hydrogen) atoms. The molecule has 2 aromatic rings. The number of nitrogens with zero attached hydrogens (tertiary/aromatic N) is 4. The maximum Gasteiger partial charge on any atom is 0.131 e. The van der Waals surface area contributed by atoms with E-state index in [0.29, 0.717) is 16.1 Å². The average molecular weight is 337 g/mol. The number of hydrogen-bond acceptors (Lipinski definition) is 4. The smallest absolute Gasteiger partial charge is 0.131 e. The lowest BCUT2D eigenvalue weighted by Gasteiger charge is -2.25. The first kappa shape index (κ1) is 15.5. The molecule has 1 unspecified atom stereocenters. The number of anilines is 1. The molecule has 0 radical (unpaired) electrons. The van der Waals surface area contributed by atoms with Crippen molar-refractivity contribution in [1.82, 2.24) is 14.9 Å². The third-order valence-electron chi connectivity index (χ3n) is 4.11. The summed E-state index contributed by atoms with van der Waals surface area (Å²) >= 11 is 12.1. The molecule has 1 aliphatic rings. The van der Waals surface area contributed by atoms with Crippen molar-refractivity contribution in [1.29, 1.82) is 0 Å². The van der Waals surface area contributed by atoms with Crippen molar-refractivity contribution in [2.24, 2.45) is 0 Å². The number of halogens is 2. The second-order valence-electron chi connectivity index (χ2n) is 5.60. The summed E-state index contributed by atoms with van der Waals surface area (Å²) in [4.78, 5) is 13.0. The van der Waals surface area contributed by atoms with Crippen LogP contribution in [0.15, 0.2) is 36.8 Å². The summed E-state index contributed by atoms with van der Waals surface area (Å²) in [6, 6.07) is 8.26. The molecule has 0 saturated carbocycles. The molecule has 0 amide bonds. The predicted octanol–water partition coefficient (Wildman–Crippen LogP) is 3.49. The Balaban J connectivity index is 1.61. The summed E-state index contributed by atoms with van der Waals surface area (Å²) in [5, 5.41) is 1.22. The van der Waals surface area contributed by atoms with Crippen LogP contribution in [0.25, 0.3) is 0 Å². The van der Waals surface area contributed by atoms with Gasteiger partial charge in [-0.25, -0.2) is 9.97 Å². The highest BCUT2D eigenvalue weighted by Crippen LogP contribution is 2.25. The molecule has 1 aromatic carbocycles. The minimum Gasteiger partial charge on any atom is -0.355 e. The minimum absolute atomic E-state index is 0.470. The van der Waals surface area contributed by atoms with Crippen molar-refractivity contribution < 1.29 is 0 Å². The molecule has 0 aliphatic carbocycles. The Hall–Kier alpha value is -1.36. The molecule has 2 heterocycles. The average Bonchev–Trinajstić information content (AvgIpc) is 2.99. The van der Waals surface area contributed by atoms with Gasteiger partial charge in [0.2, 0.25) is 0 Å². The lowest BCUT2D eigenvalue weighted by atomic mass is 10.2. The lowest BCUT2D eigenvalue weighted by molar-refractivity contribution is 0.326. The molecule has 0 spiro atoms. The number of rotatable bonds is 4. The van der Waals surface area contributed by atoms with Gasteiger partial charge in [0.15, 0.2) is 0 Å². The van der Waals surface area contributed by atoms with Crippen LogP contribution in [0.1, 0.15) is 12.0 Å². The molecule has 0 bridgehead atoms. The minimum atomic E-state index is 0.470. The van der Waals surface area contributed by atoms with Gasteiger partial charge in [-0.05, 0) is 30.2 Å². The molecule has 1 saturated heterocycles. The molecule has 6 heteroatoms. The Morgan fingerprint density at radius 1 is 1.27 bits per heavy atom.